The van der Waals surface area contributed by atoms with Crippen molar-refractivity contribution in [2.75, 3.05) is 24.5 Å². The third-order valence-corrected chi connectivity index (χ3v) is 8.06. The molecule has 4 heterocycles. The van der Waals surface area contributed by atoms with E-state index in [1.165, 1.54) is 22.0 Å². The van der Waals surface area contributed by atoms with Gasteiger partial charge in [-0.3, -0.25) is 14.5 Å². The topological polar surface area (TPSA) is 69.6 Å². The normalized spacial score (nSPS) is 24.0. The Bertz CT molecular complexity index is 1270. The minimum absolute atomic E-state index is 0.110. The number of benzene rings is 2. The third-order valence-electron chi connectivity index (χ3n) is 8.06. The summed E-state index contributed by atoms with van der Waals surface area (Å²) in [6.07, 6.45) is 5.20. The molecule has 0 bridgehead atoms. The summed E-state index contributed by atoms with van der Waals surface area (Å²) >= 11 is 0. The quantitative estimate of drug-likeness (QED) is 0.580. The maximum absolute atomic E-state index is 13.0. The van der Waals surface area contributed by atoms with Gasteiger partial charge in [-0.25, -0.2) is 0 Å². The number of para-hydroxylation sites is 2. The first-order valence-electron chi connectivity index (χ1n) is 12.8. The number of nitrogens with zero attached hydrogens (tertiary/aromatic N) is 3. The van der Waals surface area contributed by atoms with Gasteiger partial charge >= 0.3 is 0 Å². The third kappa shape index (κ3) is 4.13. The molecular weight excluding hydrogens is 438 g/mol. The molecule has 182 valence electrons. The number of carbonyl (C=O) groups is 2. The van der Waals surface area contributed by atoms with Gasteiger partial charge in [0.15, 0.2) is 0 Å². The summed E-state index contributed by atoms with van der Waals surface area (Å²) in [4.78, 5) is 30.0. The molecule has 7 nitrogen and oxygen atoms in total. The molecule has 2 saturated heterocycles. The number of piperazine rings is 1. The van der Waals surface area contributed by atoms with Crippen molar-refractivity contribution in [3.8, 4) is 0 Å². The van der Waals surface area contributed by atoms with Gasteiger partial charge < -0.3 is 20.1 Å². The highest BCUT2D eigenvalue weighted by Crippen LogP contribution is 2.30. The molecule has 2 N–H and O–H groups in total. The van der Waals surface area contributed by atoms with Crippen LogP contribution in [0, 0.1) is 0 Å². The SMILES string of the molecule is Cn1cc(CNC2CC3C(=O)NCC(CCC(=O)N4CCc5ccccc54)N3C2)c2ccccc21. The van der Waals surface area contributed by atoms with Gasteiger partial charge in [-0.05, 0) is 42.5 Å². The molecule has 2 fully saturated rings. The second kappa shape index (κ2) is 9.13. The lowest BCUT2D eigenvalue weighted by Crippen LogP contribution is -2.58. The van der Waals surface area contributed by atoms with E-state index in [2.05, 4.69) is 63.7 Å². The van der Waals surface area contributed by atoms with Gasteiger partial charge in [0.25, 0.3) is 0 Å². The van der Waals surface area contributed by atoms with Gasteiger partial charge in [0.2, 0.25) is 11.8 Å². The van der Waals surface area contributed by atoms with E-state index in [0.717, 1.165) is 44.6 Å². The highest BCUT2D eigenvalue weighted by atomic mass is 16.2. The molecule has 1 aromatic heterocycles. The van der Waals surface area contributed by atoms with E-state index in [9.17, 15) is 9.59 Å². The smallest absolute Gasteiger partial charge is 0.237 e. The lowest BCUT2D eigenvalue weighted by molar-refractivity contribution is -0.129. The van der Waals surface area contributed by atoms with Crippen molar-refractivity contribution in [1.29, 1.82) is 0 Å². The summed E-state index contributed by atoms with van der Waals surface area (Å²) in [7, 11) is 2.08. The molecule has 0 spiro atoms. The zero-order valence-corrected chi connectivity index (χ0v) is 20.2. The van der Waals surface area contributed by atoms with Gasteiger partial charge in [-0.15, -0.1) is 0 Å². The van der Waals surface area contributed by atoms with Crippen LogP contribution in [0.25, 0.3) is 10.9 Å². The molecule has 2 amide bonds. The molecule has 0 radical (unpaired) electrons. The Morgan fingerprint density at radius 1 is 1.14 bits per heavy atom. The molecule has 3 unspecified atom stereocenters. The van der Waals surface area contributed by atoms with Gasteiger partial charge in [-0.2, -0.15) is 0 Å². The standard InChI is InChI=1S/C28H33N5O2/c1-31-17-20(23-7-3-5-9-25(23)31)15-29-21-14-26-28(35)30-16-22(33(26)18-21)10-11-27(34)32-13-12-19-6-2-4-8-24(19)32/h2-9,17,21-22,26,29H,10-16,18H2,1H3,(H,30,35). The minimum Gasteiger partial charge on any atom is -0.353 e. The summed E-state index contributed by atoms with van der Waals surface area (Å²) in [6, 6.07) is 17.0. The van der Waals surface area contributed by atoms with Crippen LogP contribution in [0.1, 0.15) is 30.4 Å². The lowest BCUT2D eigenvalue weighted by atomic mass is 10.0. The minimum atomic E-state index is -0.110. The molecule has 6 rings (SSSR count). The van der Waals surface area contributed by atoms with Crippen molar-refractivity contribution >= 4 is 28.4 Å². The number of aromatic nitrogens is 1. The van der Waals surface area contributed by atoms with Gasteiger partial charge in [-0.1, -0.05) is 36.4 Å². The Hall–Kier alpha value is -3.16. The molecule has 3 aliphatic rings. The molecule has 3 aromatic rings. The number of fused-ring (bicyclic) bond motifs is 3. The van der Waals surface area contributed by atoms with Crippen molar-refractivity contribution in [2.24, 2.45) is 7.05 Å². The molecule has 2 aromatic carbocycles. The van der Waals surface area contributed by atoms with E-state index in [4.69, 9.17) is 0 Å². The summed E-state index contributed by atoms with van der Waals surface area (Å²) < 4.78 is 2.17. The zero-order valence-electron chi connectivity index (χ0n) is 20.2. The first kappa shape index (κ1) is 22.3. The predicted octanol–water partition coefficient (Wildman–Crippen LogP) is 2.58. The first-order valence-corrected chi connectivity index (χ1v) is 12.8. The van der Waals surface area contributed by atoms with Gasteiger partial charge in [0.05, 0.1) is 6.04 Å². The van der Waals surface area contributed by atoms with E-state index < -0.39 is 0 Å². The number of nitrogens with one attached hydrogen (secondary N) is 2. The second-order valence-corrected chi connectivity index (χ2v) is 10.2. The molecule has 0 aliphatic carbocycles. The number of anilines is 1. The fourth-order valence-electron chi connectivity index (χ4n) is 6.23. The van der Waals surface area contributed by atoms with Crippen LogP contribution in [0.4, 0.5) is 5.69 Å². The lowest BCUT2D eigenvalue weighted by Gasteiger charge is -2.37. The highest BCUT2D eigenvalue weighted by Gasteiger charge is 2.43. The van der Waals surface area contributed by atoms with Crippen LogP contribution >= 0.6 is 0 Å². The van der Waals surface area contributed by atoms with Crippen molar-refractivity contribution in [2.45, 2.75) is 50.4 Å². The molecule has 3 atom stereocenters. The fraction of sp³-hybridized carbons (Fsp3) is 0.429. The summed E-state index contributed by atoms with van der Waals surface area (Å²) in [5.74, 6) is 0.309. The average molecular weight is 472 g/mol. The maximum atomic E-state index is 13.0. The van der Waals surface area contributed by atoms with Crippen LogP contribution in [0.15, 0.2) is 54.7 Å². The molecule has 3 aliphatic heterocycles. The Morgan fingerprint density at radius 2 is 1.97 bits per heavy atom. The molecule has 0 saturated carbocycles. The number of aryl methyl sites for hydroxylation is 1. The van der Waals surface area contributed by atoms with E-state index in [1.807, 2.05) is 23.1 Å². The fourth-order valence-corrected chi connectivity index (χ4v) is 6.23. The van der Waals surface area contributed by atoms with Crippen LogP contribution in [-0.2, 0) is 29.6 Å². The monoisotopic (exact) mass is 471 g/mol. The maximum Gasteiger partial charge on any atom is 0.237 e. The van der Waals surface area contributed by atoms with Crippen molar-refractivity contribution in [3.63, 3.8) is 0 Å². The van der Waals surface area contributed by atoms with Crippen LogP contribution in [0.2, 0.25) is 0 Å². The number of amides is 2. The van der Waals surface area contributed by atoms with Crippen LogP contribution in [0.5, 0.6) is 0 Å². The highest BCUT2D eigenvalue weighted by molar-refractivity contribution is 5.95. The summed E-state index contributed by atoms with van der Waals surface area (Å²) in [5, 5.41) is 8.08. The number of hydrogen-bond donors (Lipinski definition) is 2. The summed E-state index contributed by atoms with van der Waals surface area (Å²) in [5.41, 5.74) is 4.83. The van der Waals surface area contributed by atoms with Gasteiger partial charge in [0, 0.05) is 74.5 Å². The Balaban J connectivity index is 1.08. The predicted molar refractivity (Wildman–Crippen MR) is 137 cm³/mol. The van der Waals surface area contributed by atoms with Crippen LogP contribution in [-0.4, -0.2) is 59.0 Å². The van der Waals surface area contributed by atoms with Crippen LogP contribution in [0.3, 0.4) is 0 Å². The average Bonchev–Trinajstić information content (AvgIpc) is 3.58. The molecule has 7 heteroatoms. The second-order valence-electron chi connectivity index (χ2n) is 10.2. The van der Waals surface area contributed by atoms with E-state index in [1.54, 1.807) is 0 Å². The Morgan fingerprint density at radius 3 is 2.89 bits per heavy atom. The van der Waals surface area contributed by atoms with Crippen molar-refractivity contribution in [1.82, 2.24) is 20.1 Å². The number of hydrogen-bond acceptors (Lipinski definition) is 4. The molecular formula is C28H33N5O2. The zero-order chi connectivity index (χ0) is 23.9. The first-order chi connectivity index (χ1) is 17.1. The molecule has 35 heavy (non-hydrogen) atoms. The number of carbonyl (C=O) groups excluding carboxylic acids is 2. The number of rotatable bonds is 6. The van der Waals surface area contributed by atoms with Crippen molar-refractivity contribution < 1.29 is 9.59 Å². The van der Waals surface area contributed by atoms with Gasteiger partial charge in [0.1, 0.15) is 0 Å². The summed E-state index contributed by atoms with van der Waals surface area (Å²) in [6.45, 7) is 3.02. The van der Waals surface area contributed by atoms with E-state index in [-0.39, 0.29) is 29.9 Å². The van der Waals surface area contributed by atoms with Crippen molar-refractivity contribution in [3.05, 3.63) is 65.9 Å². The van der Waals surface area contributed by atoms with E-state index in [0.29, 0.717) is 13.0 Å². The Labute approximate surface area is 206 Å². The van der Waals surface area contributed by atoms with Crippen LogP contribution < -0.4 is 15.5 Å². The van der Waals surface area contributed by atoms with E-state index >= 15 is 0 Å². The largest absolute Gasteiger partial charge is 0.353 e. The Kier molecular flexibility index (Phi) is 5.82.